The first kappa shape index (κ1) is 17.0. The molecule has 2 aromatic heterocycles. The van der Waals surface area contributed by atoms with Crippen LogP contribution in [-0.4, -0.2) is 17.5 Å². The zero-order valence-electron chi connectivity index (χ0n) is 13.6. The van der Waals surface area contributed by atoms with E-state index < -0.39 is 0 Å². The van der Waals surface area contributed by atoms with Crippen LogP contribution in [0.15, 0.2) is 21.8 Å². The summed E-state index contributed by atoms with van der Waals surface area (Å²) in [5, 5.41) is 12.1. The summed E-state index contributed by atoms with van der Waals surface area (Å²) in [6, 6.07) is 2.15. The minimum atomic E-state index is 0.482. The van der Waals surface area contributed by atoms with E-state index in [1.165, 1.54) is 15.4 Å². The summed E-state index contributed by atoms with van der Waals surface area (Å²) in [7, 11) is 0. The molecule has 0 unspecified atom stereocenters. The lowest BCUT2D eigenvalue weighted by atomic mass is 10.2. The van der Waals surface area contributed by atoms with Gasteiger partial charge in [0.05, 0.1) is 23.8 Å². The van der Waals surface area contributed by atoms with Crippen molar-refractivity contribution >= 4 is 28.6 Å². The van der Waals surface area contributed by atoms with Crippen molar-refractivity contribution in [3.05, 3.63) is 38.0 Å². The molecule has 120 valence electrons. The molecule has 22 heavy (non-hydrogen) atoms. The molecule has 0 atom stereocenters. The van der Waals surface area contributed by atoms with Crippen LogP contribution in [0.3, 0.4) is 0 Å². The Balaban J connectivity index is 1.95. The summed E-state index contributed by atoms with van der Waals surface area (Å²) in [6.07, 6.45) is 0. The van der Waals surface area contributed by atoms with Gasteiger partial charge in [0.1, 0.15) is 0 Å². The highest BCUT2D eigenvalue weighted by Gasteiger charge is 2.06. The Morgan fingerprint density at radius 2 is 2.14 bits per heavy atom. The van der Waals surface area contributed by atoms with Gasteiger partial charge in [-0.1, -0.05) is 13.8 Å². The first-order valence-corrected chi connectivity index (χ1v) is 9.35. The number of nitrogens with zero attached hydrogens (tertiary/aromatic N) is 2. The third-order valence-electron chi connectivity index (χ3n) is 3.19. The van der Waals surface area contributed by atoms with Crippen LogP contribution in [0, 0.1) is 6.92 Å². The van der Waals surface area contributed by atoms with Crippen molar-refractivity contribution < 1.29 is 0 Å². The predicted molar refractivity (Wildman–Crippen MR) is 96.9 cm³/mol. The number of aromatic nitrogens is 1. The van der Waals surface area contributed by atoms with Crippen LogP contribution in [0.4, 0.5) is 0 Å². The number of nitrogens with one attached hydrogen (secondary N) is 2. The second kappa shape index (κ2) is 8.29. The van der Waals surface area contributed by atoms with Crippen molar-refractivity contribution in [1.29, 1.82) is 0 Å². The average Bonchev–Trinajstić information content (AvgIpc) is 3.11. The Bertz CT molecular complexity index is 613. The van der Waals surface area contributed by atoms with Crippen molar-refractivity contribution in [2.24, 2.45) is 4.99 Å². The molecule has 0 bridgehead atoms. The van der Waals surface area contributed by atoms with Gasteiger partial charge in [-0.15, -0.1) is 22.7 Å². The molecular formula is C16H24N4S2. The van der Waals surface area contributed by atoms with E-state index in [1.54, 1.807) is 22.7 Å². The van der Waals surface area contributed by atoms with E-state index in [2.05, 4.69) is 65.1 Å². The summed E-state index contributed by atoms with van der Waals surface area (Å²) in [6.45, 7) is 10.8. The molecule has 0 saturated carbocycles. The lowest BCUT2D eigenvalue weighted by Gasteiger charge is -2.10. The van der Waals surface area contributed by atoms with E-state index >= 15 is 0 Å². The summed E-state index contributed by atoms with van der Waals surface area (Å²) >= 11 is 3.49. The largest absolute Gasteiger partial charge is 0.357 e. The monoisotopic (exact) mass is 336 g/mol. The van der Waals surface area contributed by atoms with Crippen molar-refractivity contribution in [2.45, 2.75) is 46.7 Å². The topological polar surface area (TPSA) is 49.3 Å². The van der Waals surface area contributed by atoms with Crippen LogP contribution in [-0.2, 0) is 13.1 Å². The van der Waals surface area contributed by atoms with Gasteiger partial charge in [0.25, 0.3) is 0 Å². The Labute approximate surface area is 140 Å². The van der Waals surface area contributed by atoms with E-state index in [9.17, 15) is 0 Å². The van der Waals surface area contributed by atoms with E-state index in [0.29, 0.717) is 12.5 Å². The van der Waals surface area contributed by atoms with E-state index in [0.717, 1.165) is 24.7 Å². The van der Waals surface area contributed by atoms with Gasteiger partial charge in [0.15, 0.2) is 5.96 Å². The van der Waals surface area contributed by atoms with Crippen molar-refractivity contribution in [3.63, 3.8) is 0 Å². The third kappa shape index (κ3) is 4.81. The number of guanidine groups is 1. The van der Waals surface area contributed by atoms with E-state index in [1.807, 2.05) is 0 Å². The van der Waals surface area contributed by atoms with Crippen LogP contribution < -0.4 is 10.6 Å². The molecular weight excluding hydrogens is 312 g/mol. The number of thiophene rings is 1. The molecule has 0 aliphatic carbocycles. The highest BCUT2D eigenvalue weighted by atomic mass is 32.1. The van der Waals surface area contributed by atoms with Crippen LogP contribution in [0.5, 0.6) is 0 Å². The van der Waals surface area contributed by atoms with Gasteiger partial charge in [0.2, 0.25) is 0 Å². The number of rotatable bonds is 6. The second-order valence-corrected chi connectivity index (χ2v) is 7.30. The maximum Gasteiger partial charge on any atom is 0.191 e. The minimum Gasteiger partial charge on any atom is -0.357 e. The number of aryl methyl sites for hydroxylation is 1. The maximum atomic E-state index is 4.63. The molecule has 2 N–H and O–H groups in total. The predicted octanol–water partition coefficient (Wildman–Crippen LogP) is 3.89. The number of hydrogen-bond donors (Lipinski definition) is 2. The summed E-state index contributed by atoms with van der Waals surface area (Å²) in [5.74, 6) is 1.32. The highest BCUT2D eigenvalue weighted by Crippen LogP contribution is 2.19. The van der Waals surface area contributed by atoms with Gasteiger partial charge >= 0.3 is 0 Å². The van der Waals surface area contributed by atoms with Gasteiger partial charge in [-0.25, -0.2) is 9.98 Å². The van der Waals surface area contributed by atoms with E-state index in [4.69, 9.17) is 0 Å². The Kier molecular flexibility index (Phi) is 6.39. The molecule has 0 aliphatic heterocycles. The average molecular weight is 337 g/mol. The summed E-state index contributed by atoms with van der Waals surface area (Å²) in [5.41, 5.74) is 2.37. The molecule has 6 heteroatoms. The molecule has 0 amide bonds. The quantitative estimate of drug-likeness (QED) is 0.621. The zero-order chi connectivity index (χ0) is 15.9. The molecule has 0 saturated heterocycles. The summed E-state index contributed by atoms with van der Waals surface area (Å²) < 4.78 is 0. The van der Waals surface area contributed by atoms with Crippen molar-refractivity contribution in [2.75, 3.05) is 6.54 Å². The van der Waals surface area contributed by atoms with Crippen LogP contribution >= 0.6 is 22.7 Å². The van der Waals surface area contributed by atoms with Crippen LogP contribution in [0.1, 0.15) is 47.8 Å². The lowest BCUT2D eigenvalue weighted by molar-refractivity contribution is 0.809. The molecule has 0 fully saturated rings. The standard InChI is InChI=1S/C16H24N4S2/c1-5-17-16(19-9-14-12(4)6-7-21-14)18-8-13-10-22-15(20-13)11(2)3/h6-7,10-11H,5,8-9H2,1-4H3,(H2,17,18,19). The zero-order valence-corrected chi connectivity index (χ0v) is 15.3. The Morgan fingerprint density at radius 1 is 1.32 bits per heavy atom. The van der Waals surface area contributed by atoms with Crippen LogP contribution in [0.2, 0.25) is 0 Å². The van der Waals surface area contributed by atoms with E-state index in [-0.39, 0.29) is 0 Å². The smallest absolute Gasteiger partial charge is 0.191 e. The lowest BCUT2D eigenvalue weighted by Crippen LogP contribution is -2.36. The summed E-state index contributed by atoms with van der Waals surface area (Å²) in [4.78, 5) is 10.6. The molecule has 0 aliphatic rings. The molecule has 4 nitrogen and oxygen atoms in total. The molecule has 0 aromatic carbocycles. The van der Waals surface area contributed by atoms with Crippen molar-refractivity contribution in [3.8, 4) is 0 Å². The van der Waals surface area contributed by atoms with Gasteiger partial charge < -0.3 is 10.6 Å². The molecule has 2 rings (SSSR count). The molecule has 0 radical (unpaired) electrons. The molecule has 0 spiro atoms. The van der Waals surface area contributed by atoms with Gasteiger partial charge in [0, 0.05) is 22.7 Å². The fourth-order valence-corrected chi connectivity index (χ4v) is 3.58. The molecule has 2 heterocycles. The Morgan fingerprint density at radius 3 is 2.73 bits per heavy atom. The number of thiazole rings is 1. The maximum absolute atomic E-state index is 4.63. The van der Waals surface area contributed by atoms with Gasteiger partial charge in [-0.3, -0.25) is 0 Å². The fraction of sp³-hybridized carbons (Fsp3) is 0.500. The van der Waals surface area contributed by atoms with Gasteiger partial charge in [-0.2, -0.15) is 0 Å². The van der Waals surface area contributed by atoms with Crippen molar-refractivity contribution in [1.82, 2.24) is 15.6 Å². The fourth-order valence-electron chi connectivity index (χ4n) is 1.91. The Hall–Kier alpha value is -1.40. The highest BCUT2D eigenvalue weighted by molar-refractivity contribution is 7.10. The normalized spacial score (nSPS) is 12.0. The third-order valence-corrected chi connectivity index (χ3v) is 5.41. The first-order valence-electron chi connectivity index (χ1n) is 7.59. The second-order valence-electron chi connectivity index (χ2n) is 5.41. The number of aliphatic imine (C=N–C) groups is 1. The van der Waals surface area contributed by atoms with Crippen LogP contribution in [0.25, 0.3) is 0 Å². The van der Waals surface area contributed by atoms with Gasteiger partial charge in [-0.05, 0) is 30.9 Å². The SMILES string of the molecule is CCNC(=NCc1csc(C(C)C)n1)NCc1sccc1C. The minimum absolute atomic E-state index is 0.482. The number of hydrogen-bond acceptors (Lipinski definition) is 4. The first-order chi connectivity index (χ1) is 10.6. The molecule has 2 aromatic rings.